The van der Waals surface area contributed by atoms with Gasteiger partial charge in [0.25, 0.3) is 0 Å². The lowest BCUT2D eigenvalue weighted by molar-refractivity contribution is 0.929. The largest absolute Gasteiger partial charge is 0.0651 e. The van der Waals surface area contributed by atoms with Gasteiger partial charge in [0.05, 0.1) is 0 Å². The van der Waals surface area contributed by atoms with Crippen molar-refractivity contribution in [3.05, 3.63) is 54.4 Å². The molecule has 0 aliphatic rings. The maximum Gasteiger partial charge on any atom is -0.0149 e. The number of benzene rings is 2. The number of hydrogen-bond donors (Lipinski definition) is 0. The molecule has 14 heavy (non-hydrogen) atoms. The summed E-state index contributed by atoms with van der Waals surface area (Å²) < 4.78 is 0. The fraction of sp³-hybridized carbons (Fsp3) is 0.214. The molecule has 0 unspecified atom stereocenters. The van der Waals surface area contributed by atoms with Crippen molar-refractivity contribution in [1.82, 2.24) is 0 Å². The van der Waals surface area contributed by atoms with Gasteiger partial charge >= 0.3 is 0 Å². The van der Waals surface area contributed by atoms with Gasteiger partial charge in [-0.25, -0.2) is 0 Å². The van der Waals surface area contributed by atoms with Crippen molar-refractivity contribution < 1.29 is 0 Å². The van der Waals surface area contributed by atoms with Crippen LogP contribution in [0, 0.1) is 6.92 Å². The maximum absolute atomic E-state index is 3.97. The smallest absolute Gasteiger partial charge is 0.0149 e. The topological polar surface area (TPSA) is 0 Å². The molecule has 71 valence electrons. The van der Waals surface area contributed by atoms with E-state index < -0.39 is 0 Å². The Labute approximate surface area is 85.6 Å². The summed E-state index contributed by atoms with van der Waals surface area (Å²) in [5.74, 6) is 0. The molecule has 0 N–H and O–H groups in total. The van der Waals surface area contributed by atoms with E-state index >= 15 is 0 Å². The third-order valence-corrected chi connectivity index (χ3v) is 2.56. The molecular weight excluding hydrogens is 168 g/mol. The van der Waals surface area contributed by atoms with Crippen LogP contribution in [0.15, 0.2) is 36.4 Å². The molecule has 2 aromatic carbocycles. The first-order valence-corrected chi connectivity index (χ1v) is 5.15. The summed E-state index contributed by atoms with van der Waals surface area (Å²) in [6.07, 6.45) is 2.35. The quantitative estimate of drug-likeness (QED) is 0.660. The predicted molar refractivity (Wildman–Crippen MR) is 62.4 cm³/mol. The van der Waals surface area contributed by atoms with Gasteiger partial charge in [-0.05, 0) is 35.2 Å². The Kier molecular flexibility index (Phi) is 2.53. The van der Waals surface area contributed by atoms with Crippen LogP contribution in [0.3, 0.4) is 0 Å². The Morgan fingerprint density at radius 1 is 1.14 bits per heavy atom. The van der Waals surface area contributed by atoms with E-state index in [1.165, 1.54) is 22.8 Å². The van der Waals surface area contributed by atoms with E-state index in [4.69, 9.17) is 0 Å². The minimum Gasteiger partial charge on any atom is -0.0651 e. The first kappa shape index (κ1) is 9.26. The summed E-state index contributed by atoms with van der Waals surface area (Å²) in [6, 6.07) is 12.9. The molecule has 0 aliphatic carbocycles. The molecule has 0 aromatic heterocycles. The van der Waals surface area contributed by atoms with Crippen molar-refractivity contribution in [3.8, 4) is 0 Å². The van der Waals surface area contributed by atoms with E-state index in [1.807, 2.05) is 0 Å². The first-order valence-electron chi connectivity index (χ1n) is 5.15. The van der Waals surface area contributed by atoms with Crippen molar-refractivity contribution in [2.75, 3.05) is 0 Å². The van der Waals surface area contributed by atoms with Crippen molar-refractivity contribution in [2.45, 2.75) is 19.8 Å². The van der Waals surface area contributed by atoms with E-state index in [-0.39, 0.29) is 0 Å². The number of rotatable bonds is 2. The molecule has 0 saturated carbocycles. The Balaban J connectivity index is 2.64. The molecule has 0 aliphatic heterocycles. The maximum atomic E-state index is 3.97. The van der Waals surface area contributed by atoms with Crippen molar-refractivity contribution in [1.29, 1.82) is 0 Å². The van der Waals surface area contributed by atoms with Crippen molar-refractivity contribution >= 4 is 10.8 Å². The zero-order chi connectivity index (χ0) is 9.97. The van der Waals surface area contributed by atoms with Crippen LogP contribution in [0.25, 0.3) is 10.8 Å². The third kappa shape index (κ3) is 1.65. The third-order valence-electron chi connectivity index (χ3n) is 2.56. The molecule has 0 bridgehead atoms. The van der Waals surface area contributed by atoms with Gasteiger partial charge < -0.3 is 0 Å². The Morgan fingerprint density at radius 2 is 2.00 bits per heavy atom. The van der Waals surface area contributed by atoms with Gasteiger partial charge in [0.1, 0.15) is 0 Å². The molecular formula is C14H15. The molecule has 0 spiro atoms. The molecule has 0 heterocycles. The van der Waals surface area contributed by atoms with Crippen LogP contribution in [-0.4, -0.2) is 0 Å². The van der Waals surface area contributed by atoms with Gasteiger partial charge in [-0.15, -0.1) is 0 Å². The molecule has 2 aromatic rings. The highest BCUT2D eigenvalue weighted by atomic mass is 14.0. The van der Waals surface area contributed by atoms with Crippen LogP contribution in [0.1, 0.15) is 24.5 Å². The average Bonchev–Trinajstić information content (AvgIpc) is 2.19. The molecule has 0 atom stereocenters. The second-order valence-electron chi connectivity index (χ2n) is 3.72. The number of aryl methyl sites for hydroxylation is 1. The lowest BCUT2D eigenvalue weighted by atomic mass is 10.00. The SMILES string of the molecule is [CH2]c1ccc2cccc(CCC)c2c1. The molecule has 0 saturated heterocycles. The Bertz CT molecular complexity index is 441. The van der Waals surface area contributed by atoms with Gasteiger partial charge in [-0.3, -0.25) is 0 Å². The second kappa shape index (κ2) is 3.83. The standard InChI is InChI=1S/C14H15/c1-3-5-12-6-4-7-13-9-8-11(2)10-14(12)13/h4,6-10H,2-3,5H2,1H3. The molecule has 0 heteroatoms. The summed E-state index contributed by atoms with van der Waals surface area (Å²) in [5, 5.41) is 2.69. The van der Waals surface area contributed by atoms with Crippen LogP contribution >= 0.6 is 0 Å². The predicted octanol–water partition coefficient (Wildman–Crippen LogP) is 3.97. The molecule has 1 radical (unpaired) electrons. The van der Waals surface area contributed by atoms with Crippen LogP contribution in [-0.2, 0) is 6.42 Å². The molecule has 0 fully saturated rings. The van der Waals surface area contributed by atoms with E-state index in [9.17, 15) is 0 Å². The normalized spacial score (nSPS) is 10.7. The zero-order valence-corrected chi connectivity index (χ0v) is 8.59. The molecule has 0 nitrogen and oxygen atoms in total. The summed E-state index contributed by atoms with van der Waals surface area (Å²) >= 11 is 0. The summed E-state index contributed by atoms with van der Waals surface area (Å²) in [6.45, 7) is 6.19. The van der Waals surface area contributed by atoms with E-state index in [2.05, 4.69) is 50.2 Å². The second-order valence-corrected chi connectivity index (χ2v) is 3.72. The fourth-order valence-corrected chi connectivity index (χ4v) is 1.87. The fourth-order valence-electron chi connectivity index (χ4n) is 1.87. The molecule has 2 rings (SSSR count). The monoisotopic (exact) mass is 183 g/mol. The Hall–Kier alpha value is -1.30. The zero-order valence-electron chi connectivity index (χ0n) is 8.59. The van der Waals surface area contributed by atoms with Gasteiger partial charge in [0.2, 0.25) is 0 Å². The van der Waals surface area contributed by atoms with Crippen LogP contribution in [0.2, 0.25) is 0 Å². The van der Waals surface area contributed by atoms with Gasteiger partial charge in [-0.1, -0.05) is 49.7 Å². The summed E-state index contributed by atoms with van der Waals surface area (Å²) in [4.78, 5) is 0. The minimum absolute atomic E-state index is 1.10. The summed E-state index contributed by atoms with van der Waals surface area (Å²) in [7, 11) is 0. The van der Waals surface area contributed by atoms with E-state index in [1.54, 1.807) is 0 Å². The van der Waals surface area contributed by atoms with Crippen molar-refractivity contribution in [2.24, 2.45) is 0 Å². The first-order chi connectivity index (χ1) is 6.81. The Morgan fingerprint density at radius 3 is 2.79 bits per heavy atom. The highest BCUT2D eigenvalue weighted by Gasteiger charge is 1.99. The van der Waals surface area contributed by atoms with Crippen LogP contribution in [0.5, 0.6) is 0 Å². The highest BCUT2D eigenvalue weighted by Crippen LogP contribution is 2.21. The molecule has 0 amide bonds. The minimum atomic E-state index is 1.10. The lowest BCUT2D eigenvalue weighted by Gasteiger charge is -2.05. The van der Waals surface area contributed by atoms with Gasteiger partial charge in [0, 0.05) is 0 Å². The average molecular weight is 183 g/mol. The van der Waals surface area contributed by atoms with Crippen LogP contribution < -0.4 is 0 Å². The highest BCUT2D eigenvalue weighted by molar-refractivity contribution is 5.86. The van der Waals surface area contributed by atoms with Gasteiger partial charge in [-0.2, -0.15) is 0 Å². The lowest BCUT2D eigenvalue weighted by Crippen LogP contribution is -1.86. The summed E-state index contributed by atoms with van der Waals surface area (Å²) in [5.41, 5.74) is 2.54. The van der Waals surface area contributed by atoms with Crippen LogP contribution in [0.4, 0.5) is 0 Å². The van der Waals surface area contributed by atoms with E-state index in [0.29, 0.717) is 0 Å². The number of fused-ring (bicyclic) bond motifs is 1. The number of hydrogen-bond acceptors (Lipinski definition) is 0. The van der Waals surface area contributed by atoms with E-state index in [0.717, 1.165) is 12.0 Å². The van der Waals surface area contributed by atoms with Gasteiger partial charge in [0.15, 0.2) is 0 Å². The van der Waals surface area contributed by atoms with Crippen molar-refractivity contribution in [3.63, 3.8) is 0 Å².